The lowest BCUT2D eigenvalue weighted by Crippen LogP contribution is -2.38. The third kappa shape index (κ3) is 4.71. The van der Waals surface area contributed by atoms with E-state index in [1.807, 2.05) is 41.3 Å². The monoisotopic (exact) mass is 334 g/mol. The highest BCUT2D eigenvalue weighted by Gasteiger charge is 2.20. The maximum Gasteiger partial charge on any atom is 0.174 e. The van der Waals surface area contributed by atoms with Gasteiger partial charge in [-0.25, -0.2) is 0 Å². The first-order chi connectivity index (χ1) is 11.2. The Balaban J connectivity index is 2.08. The standard InChI is InChI=1S/C17H22N2O3S/c1-13(16-5-4-11-22-16)19(10-12-20-2)17(23)18-14-6-8-15(21-3)9-7-14/h4-9,11,13H,10,12H2,1-3H3,(H,18,23)/t13-/m0/s1. The predicted molar refractivity (Wildman–Crippen MR) is 94.9 cm³/mol. The summed E-state index contributed by atoms with van der Waals surface area (Å²) < 4.78 is 15.9. The highest BCUT2D eigenvalue weighted by atomic mass is 32.1. The number of rotatable bonds is 7. The van der Waals surface area contributed by atoms with E-state index >= 15 is 0 Å². The first-order valence-electron chi connectivity index (χ1n) is 7.39. The third-order valence-corrected chi connectivity index (χ3v) is 3.90. The van der Waals surface area contributed by atoms with Crippen LogP contribution in [0.1, 0.15) is 18.7 Å². The first kappa shape index (κ1) is 17.3. The molecule has 0 radical (unpaired) electrons. The lowest BCUT2D eigenvalue weighted by atomic mass is 10.2. The number of nitrogens with one attached hydrogen (secondary N) is 1. The summed E-state index contributed by atoms with van der Waals surface area (Å²) in [5.41, 5.74) is 0.907. The van der Waals surface area contributed by atoms with Crippen LogP contribution >= 0.6 is 12.2 Å². The summed E-state index contributed by atoms with van der Waals surface area (Å²) in [5, 5.41) is 3.87. The number of benzene rings is 1. The molecular weight excluding hydrogens is 312 g/mol. The fraction of sp³-hybridized carbons (Fsp3) is 0.353. The zero-order chi connectivity index (χ0) is 16.7. The van der Waals surface area contributed by atoms with Crippen molar-refractivity contribution in [1.29, 1.82) is 0 Å². The van der Waals surface area contributed by atoms with Crippen LogP contribution in [-0.4, -0.2) is 37.4 Å². The van der Waals surface area contributed by atoms with Gasteiger partial charge in [-0.1, -0.05) is 0 Å². The molecule has 0 aliphatic rings. The molecule has 0 saturated carbocycles. The Kier molecular flexibility index (Phi) is 6.43. The summed E-state index contributed by atoms with van der Waals surface area (Å²) in [6.07, 6.45) is 1.67. The lowest BCUT2D eigenvalue weighted by Gasteiger charge is -2.30. The van der Waals surface area contributed by atoms with Crippen LogP contribution in [0.15, 0.2) is 47.1 Å². The highest BCUT2D eigenvalue weighted by molar-refractivity contribution is 7.80. The van der Waals surface area contributed by atoms with Gasteiger partial charge in [0.2, 0.25) is 0 Å². The average Bonchev–Trinajstić information content (AvgIpc) is 3.10. The second-order valence-electron chi connectivity index (χ2n) is 5.04. The fourth-order valence-corrected chi connectivity index (χ4v) is 2.58. The molecule has 2 aromatic rings. The molecule has 1 aromatic carbocycles. The van der Waals surface area contributed by atoms with Crippen molar-refractivity contribution in [3.8, 4) is 5.75 Å². The smallest absolute Gasteiger partial charge is 0.174 e. The van der Waals surface area contributed by atoms with E-state index in [4.69, 9.17) is 26.1 Å². The van der Waals surface area contributed by atoms with Gasteiger partial charge in [-0.3, -0.25) is 0 Å². The topological polar surface area (TPSA) is 46.9 Å². The number of anilines is 1. The molecule has 5 nitrogen and oxygen atoms in total. The van der Waals surface area contributed by atoms with Gasteiger partial charge in [0.15, 0.2) is 5.11 Å². The molecule has 0 spiro atoms. The maximum absolute atomic E-state index is 5.57. The minimum absolute atomic E-state index is 0.0124. The zero-order valence-electron chi connectivity index (χ0n) is 13.6. The molecule has 124 valence electrons. The number of hydrogen-bond acceptors (Lipinski definition) is 4. The van der Waals surface area contributed by atoms with Crippen molar-refractivity contribution in [2.45, 2.75) is 13.0 Å². The molecule has 1 heterocycles. The van der Waals surface area contributed by atoms with Crippen LogP contribution in [0.25, 0.3) is 0 Å². The van der Waals surface area contributed by atoms with E-state index in [0.29, 0.717) is 18.3 Å². The SMILES string of the molecule is COCCN(C(=S)Nc1ccc(OC)cc1)[C@@H](C)c1ccco1. The van der Waals surface area contributed by atoms with E-state index in [9.17, 15) is 0 Å². The van der Waals surface area contributed by atoms with E-state index in [0.717, 1.165) is 17.2 Å². The molecule has 1 N–H and O–H groups in total. The van der Waals surface area contributed by atoms with Gasteiger partial charge in [0.05, 0.1) is 26.0 Å². The Labute approximate surface area is 142 Å². The van der Waals surface area contributed by atoms with Gasteiger partial charge >= 0.3 is 0 Å². The second kappa shape index (κ2) is 8.55. The minimum atomic E-state index is 0.0124. The highest BCUT2D eigenvalue weighted by Crippen LogP contribution is 2.22. The van der Waals surface area contributed by atoms with Crippen LogP contribution in [0.3, 0.4) is 0 Å². The molecule has 0 amide bonds. The van der Waals surface area contributed by atoms with Crippen molar-refractivity contribution >= 4 is 23.0 Å². The summed E-state index contributed by atoms with van der Waals surface area (Å²) in [4.78, 5) is 2.04. The van der Waals surface area contributed by atoms with E-state index in [1.54, 1.807) is 20.5 Å². The number of ether oxygens (including phenoxy) is 2. The van der Waals surface area contributed by atoms with Gasteiger partial charge in [-0.2, -0.15) is 0 Å². The molecule has 1 atom stereocenters. The van der Waals surface area contributed by atoms with Gasteiger partial charge in [0.25, 0.3) is 0 Å². The third-order valence-electron chi connectivity index (χ3n) is 3.56. The fourth-order valence-electron chi connectivity index (χ4n) is 2.21. The van der Waals surface area contributed by atoms with E-state index in [2.05, 4.69) is 12.2 Å². The Morgan fingerprint density at radius 2 is 2.00 bits per heavy atom. The maximum atomic E-state index is 5.57. The average molecular weight is 334 g/mol. The molecule has 0 bridgehead atoms. The van der Waals surface area contributed by atoms with Crippen LogP contribution in [-0.2, 0) is 4.74 Å². The van der Waals surface area contributed by atoms with E-state index in [1.165, 1.54) is 0 Å². The van der Waals surface area contributed by atoms with Crippen molar-refractivity contribution in [1.82, 2.24) is 4.90 Å². The molecule has 0 saturated heterocycles. The van der Waals surface area contributed by atoms with Gasteiger partial charge in [0.1, 0.15) is 11.5 Å². The molecule has 1 aromatic heterocycles. The number of hydrogen-bond donors (Lipinski definition) is 1. The lowest BCUT2D eigenvalue weighted by molar-refractivity contribution is 0.160. The molecule has 0 fully saturated rings. The van der Waals surface area contributed by atoms with Crippen molar-refractivity contribution < 1.29 is 13.9 Å². The molecule has 2 rings (SSSR count). The van der Waals surface area contributed by atoms with Crippen LogP contribution in [0.2, 0.25) is 0 Å². The predicted octanol–water partition coefficient (Wildman–Crippen LogP) is 3.69. The molecule has 23 heavy (non-hydrogen) atoms. The normalized spacial score (nSPS) is 11.8. The van der Waals surface area contributed by atoms with Crippen molar-refractivity contribution in [2.75, 3.05) is 32.7 Å². The van der Waals surface area contributed by atoms with Crippen LogP contribution in [0, 0.1) is 0 Å². The van der Waals surface area contributed by atoms with Gasteiger partial charge in [0, 0.05) is 19.3 Å². The number of methoxy groups -OCH3 is 2. The summed E-state index contributed by atoms with van der Waals surface area (Å²) in [5.74, 6) is 1.67. The van der Waals surface area contributed by atoms with Crippen LogP contribution in [0.5, 0.6) is 5.75 Å². The molecular formula is C17H22N2O3S. The quantitative estimate of drug-likeness (QED) is 0.779. The first-order valence-corrected chi connectivity index (χ1v) is 7.80. The van der Waals surface area contributed by atoms with Crippen molar-refractivity contribution in [3.63, 3.8) is 0 Å². The van der Waals surface area contributed by atoms with Crippen LogP contribution < -0.4 is 10.1 Å². The summed E-state index contributed by atoms with van der Waals surface area (Å²) >= 11 is 5.57. The minimum Gasteiger partial charge on any atom is -0.497 e. The zero-order valence-corrected chi connectivity index (χ0v) is 14.4. The summed E-state index contributed by atoms with van der Waals surface area (Å²) in [7, 11) is 3.32. The van der Waals surface area contributed by atoms with E-state index in [-0.39, 0.29) is 6.04 Å². The second-order valence-corrected chi connectivity index (χ2v) is 5.42. The van der Waals surface area contributed by atoms with Gasteiger partial charge < -0.3 is 24.1 Å². The Morgan fingerprint density at radius 1 is 1.26 bits per heavy atom. The molecule has 6 heteroatoms. The van der Waals surface area contributed by atoms with Crippen molar-refractivity contribution in [3.05, 3.63) is 48.4 Å². The Hall–Kier alpha value is -2.05. The number of nitrogens with zero attached hydrogens (tertiary/aromatic N) is 1. The summed E-state index contributed by atoms with van der Waals surface area (Å²) in [6.45, 7) is 3.30. The summed E-state index contributed by atoms with van der Waals surface area (Å²) in [6, 6.07) is 11.5. The molecule has 0 unspecified atom stereocenters. The number of furan rings is 1. The van der Waals surface area contributed by atoms with Crippen molar-refractivity contribution in [2.24, 2.45) is 0 Å². The van der Waals surface area contributed by atoms with Crippen LogP contribution in [0.4, 0.5) is 5.69 Å². The molecule has 0 aliphatic carbocycles. The Bertz CT molecular complexity index is 599. The van der Waals surface area contributed by atoms with E-state index < -0.39 is 0 Å². The number of thiocarbonyl (C=S) groups is 1. The van der Waals surface area contributed by atoms with Gasteiger partial charge in [-0.15, -0.1) is 0 Å². The largest absolute Gasteiger partial charge is 0.497 e. The Morgan fingerprint density at radius 3 is 2.57 bits per heavy atom. The molecule has 0 aliphatic heterocycles. The van der Waals surface area contributed by atoms with Gasteiger partial charge in [-0.05, 0) is 55.5 Å².